The van der Waals surface area contributed by atoms with Crippen molar-refractivity contribution in [2.24, 2.45) is 0 Å². The first kappa shape index (κ1) is 27.0. The molecule has 0 atom stereocenters. The number of aliphatic carboxylic acids is 1. The summed E-state index contributed by atoms with van der Waals surface area (Å²) in [7, 11) is 0. The van der Waals surface area contributed by atoms with Gasteiger partial charge in [-0.3, -0.25) is 19.4 Å². The summed E-state index contributed by atoms with van der Waals surface area (Å²) in [5.41, 5.74) is 2.61. The average molecular weight is 535 g/mol. The van der Waals surface area contributed by atoms with Gasteiger partial charge in [0.1, 0.15) is 6.10 Å². The van der Waals surface area contributed by atoms with Crippen LogP contribution in [0.4, 0.5) is 0 Å². The number of hydrogen-bond donors (Lipinski definition) is 1. The maximum absolute atomic E-state index is 13.0. The minimum absolute atomic E-state index is 0.0857. The molecule has 2 aromatic heterocycles. The fourth-order valence-corrected chi connectivity index (χ4v) is 4.83. The molecular weight excluding hydrogens is 508 g/mol. The highest BCUT2D eigenvalue weighted by Gasteiger charge is 2.39. The lowest BCUT2D eigenvalue weighted by Gasteiger charge is -2.34. The van der Waals surface area contributed by atoms with E-state index < -0.39 is 17.4 Å². The summed E-state index contributed by atoms with van der Waals surface area (Å²) in [5.74, 6) is -1.67. The molecule has 38 heavy (non-hydrogen) atoms. The van der Waals surface area contributed by atoms with Crippen LogP contribution < -0.4 is 0 Å². The van der Waals surface area contributed by atoms with Crippen LogP contribution in [-0.4, -0.2) is 43.7 Å². The second-order valence-electron chi connectivity index (χ2n) is 9.46. The van der Waals surface area contributed by atoms with Gasteiger partial charge in [0.05, 0.1) is 53.2 Å². The number of benzene rings is 1. The molecule has 0 spiro atoms. The molecule has 0 unspecified atom stereocenters. The van der Waals surface area contributed by atoms with Crippen LogP contribution >= 0.6 is 11.6 Å². The quantitative estimate of drug-likeness (QED) is 0.306. The van der Waals surface area contributed by atoms with E-state index in [0.29, 0.717) is 42.0 Å². The zero-order valence-corrected chi connectivity index (χ0v) is 21.6. The first-order chi connectivity index (χ1) is 18.2. The highest BCUT2D eigenvalue weighted by molar-refractivity contribution is 6.30. The van der Waals surface area contributed by atoms with Gasteiger partial charge in [-0.1, -0.05) is 17.7 Å². The summed E-state index contributed by atoms with van der Waals surface area (Å²) in [6, 6.07) is 13.2. The molecule has 0 bridgehead atoms. The number of carbonyl (C=O) groups is 3. The minimum Gasteiger partial charge on any atom is -0.481 e. The Morgan fingerprint density at radius 2 is 1.84 bits per heavy atom. The smallest absolute Gasteiger partial charge is 0.306 e. The normalized spacial score (nSPS) is 18.9. The molecule has 196 valence electrons. The third-order valence-electron chi connectivity index (χ3n) is 6.90. The van der Waals surface area contributed by atoms with E-state index in [0.717, 1.165) is 16.9 Å². The topological polar surface area (TPSA) is 135 Å². The first-order valence-electron chi connectivity index (χ1n) is 12.3. The zero-order chi connectivity index (χ0) is 27.3. The number of ether oxygens (including phenoxy) is 1. The predicted octanol–water partition coefficient (Wildman–Crippen LogP) is 4.77. The van der Waals surface area contributed by atoms with Crippen molar-refractivity contribution in [3.8, 4) is 11.8 Å². The number of carboxylic acid groups (broad SMARTS) is 1. The Bertz CT molecular complexity index is 1370. The molecule has 1 saturated carbocycles. The lowest BCUT2D eigenvalue weighted by atomic mass is 9.71. The second-order valence-corrected chi connectivity index (χ2v) is 9.90. The molecule has 1 aliphatic carbocycles. The van der Waals surface area contributed by atoms with Crippen molar-refractivity contribution in [2.75, 3.05) is 0 Å². The van der Waals surface area contributed by atoms with Crippen LogP contribution in [0.5, 0.6) is 0 Å². The van der Waals surface area contributed by atoms with Gasteiger partial charge in [0.25, 0.3) is 0 Å². The van der Waals surface area contributed by atoms with Gasteiger partial charge >= 0.3 is 11.9 Å². The van der Waals surface area contributed by atoms with Gasteiger partial charge < -0.3 is 9.84 Å². The Kier molecular flexibility index (Phi) is 8.23. The number of carbonyl (C=O) groups excluding carboxylic acids is 2. The Morgan fingerprint density at radius 1 is 1.13 bits per heavy atom. The highest BCUT2D eigenvalue weighted by atomic mass is 35.5. The third-order valence-corrected chi connectivity index (χ3v) is 7.15. The summed E-state index contributed by atoms with van der Waals surface area (Å²) in [4.78, 5) is 40.0. The number of carboxylic acids is 1. The van der Waals surface area contributed by atoms with Crippen molar-refractivity contribution in [3.05, 3.63) is 76.3 Å². The zero-order valence-electron chi connectivity index (χ0n) is 20.9. The van der Waals surface area contributed by atoms with Crippen LogP contribution in [0.1, 0.15) is 65.8 Å². The SMILES string of the molecule is Cc1c(C(=O)Cc2ccc(C3(C#N)CCC(OC(=O)CCC(=O)O)CC3)nc2)cnn1-c1ccc(Cl)cc1. The van der Waals surface area contributed by atoms with Crippen LogP contribution in [0.15, 0.2) is 48.8 Å². The average Bonchev–Trinajstić information content (AvgIpc) is 3.30. The molecule has 0 radical (unpaired) electrons. The maximum Gasteiger partial charge on any atom is 0.306 e. The molecule has 0 saturated heterocycles. The van der Waals surface area contributed by atoms with E-state index in [9.17, 15) is 19.6 Å². The fraction of sp³-hybridized carbons (Fsp3) is 0.357. The molecule has 2 heterocycles. The van der Waals surface area contributed by atoms with E-state index in [-0.39, 0.29) is 31.1 Å². The van der Waals surface area contributed by atoms with Gasteiger partial charge in [-0.05, 0) is 68.5 Å². The largest absolute Gasteiger partial charge is 0.481 e. The van der Waals surface area contributed by atoms with Gasteiger partial charge in [-0.2, -0.15) is 10.4 Å². The monoisotopic (exact) mass is 534 g/mol. The maximum atomic E-state index is 13.0. The minimum atomic E-state index is -1.05. The molecule has 1 aromatic carbocycles. The number of aromatic nitrogens is 3. The lowest BCUT2D eigenvalue weighted by Crippen LogP contribution is -2.35. The van der Waals surface area contributed by atoms with Crippen LogP contribution in [-0.2, 0) is 26.2 Å². The first-order valence-corrected chi connectivity index (χ1v) is 12.7. The van der Waals surface area contributed by atoms with Gasteiger partial charge in [0.15, 0.2) is 5.78 Å². The highest BCUT2D eigenvalue weighted by Crippen LogP contribution is 2.39. The molecule has 1 N–H and O–H groups in total. The van der Waals surface area contributed by atoms with Crippen molar-refractivity contribution < 1.29 is 24.2 Å². The number of Topliss-reactive ketones (excluding diaryl/α,β-unsaturated/α-hetero) is 1. The standard InChI is InChI=1S/C28H27ClN4O5/c1-18-23(16-32-33(18)21-5-3-20(29)4-6-21)24(34)14-19-2-7-25(31-15-19)28(17-30)12-10-22(11-13-28)38-27(37)9-8-26(35)36/h2-7,15-16,22H,8-14H2,1H3,(H,35,36). The molecule has 1 fully saturated rings. The molecule has 0 aliphatic heterocycles. The van der Waals surface area contributed by atoms with Gasteiger partial charge in [-0.15, -0.1) is 0 Å². The molecule has 4 rings (SSSR count). The van der Waals surface area contributed by atoms with Crippen LogP contribution in [0.3, 0.4) is 0 Å². The van der Waals surface area contributed by atoms with E-state index >= 15 is 0 Å². The van der Waals surface area contributed by atoms with Crippen LogP contribution in [0.2, 0.25) is 5.02 Å². The molecule has 9 nitrogen and oxygen atoms in total. The second kappa shape index (κ2) is 11.6. The van der Waals surface area contributed by atoms with Gasteiger partial charge in [0, 0.05) is 17.6 Å². The Morgan fingerprint density at radius 3 is 2.45 bits per heavy atom. The molecule has 0 amide bonds. The van der Waals surface area contributed by atoms with Gasteiger partial charge in [-0.25, -0.2) is 4.68 Å². The van der Waals surface area contributed by atoms with Crippen LogP contribution in [0, 0.1) is 18.3 Å². The van der Waals surface area contributed by atoms with Crippen LogP contribution in [0.25, 0.3) is 5.69 Å². The Labute approximate surface area is 225 Å². The number of halogens is 1. The van der Waals surface area contributed by atoms with E-state index in [1.54, 1.807) is 35.3 Å². The number of nitrogens with zero attached hydrogens (tertiary/aromatic N) is 4. The van der Waals surface area contributed by atoms with Crippen molar-refractivity contribution in [3.63, 3.8) is 0 Å². The van der Waals surface area contributed by atoms with E-state index in [1.807, 2.05) is 25.1 Å². The summed E-state index contributed by atoms with van der Waals surface area (Å²) < 4.78 is 7.08. The summed E-state index contributed by atoms with van der Waals surface area (Å²) in [6.45, 7) is 1.84. The number of ketones is 1. The van der Waals surface area contributed by atoms with Gasteiger partial charge in [0.2, 0.25) is 0 Å². The van der Waals surface area contributed by atoms with E-state index in [2.05, 4.69) is 16.2 Å². The molecule has 3 aromatic rings. The Hall–Kier alpha value is -4.03. The number of nitriles is 1. The number of rotatable bonds is 9. The number of hydrogen-bond acceptors (Lipinski definition) is 7. The summed E-state index contributed by atoms with van der Waals surface area (Å²) in [6.07, 6.45) is 4.48. The molecular formula is C28H27ClN4O5. The summed E-state index contributed by atoms with van der Waals surface area (Å²) in [5, 5.41) is 23.7. The Balaban J connectivity index is 1.38. The lowest BCUT2D eigenvalue weighted by molar-refractivity contribution is -0.153. The van der Waals surface area contributed by atoms with E-state index in [4.69, 9.17) is 21.4 Å². The van der Waals surface area contributed by atoms with Crippen molar-refractivity contribution in [1.82, 2.24) is 14.8 Å². The summed E-state index contributed by atoms with van der Waals surface area (Å²) >= 11 is 5.97. The fourth-order valence-electron chi connectivity index (χ4n) is 4.70. The van der Waals surface area contributed by atoms with Crippen molar-refractivity contribution >= 4 is 29.3 Å². The molecule has 1 aliphatic rings. The van der Waals surface area contributed by atoms with Crippen molar-refractivity contribution in [1.29, 1.82) is 5.26 Å². The molecule has 10 heteroatoms. The third kappa shape index (κ3) is 6.09. The number of esters is 1. The number of pyridine rings is 1. The van der Waals surface area contributed by atoms with E-state index in [1.165, 1.54) is 0 Å². The van der Waals surface area contributed by atoms with Crippen molar-refractivity contribution in [2.45, 2.75) is 63.4 Å². The predicted molar refractivity (Wildman–Crippen MR) is 138 cm³/mol.